The van der Waals surface area contributed by atoms with Crippen LogP contribution in [0.1, 0.15) is 26.2 Å². The lowest BCUT2D eigenvalue weighted by Crippen LogP contribution is -2.15. The molecular weight excluding hydrogens is 142 g/mol. The first kappa shape index (κ1) is 9.94. The fourth-order valence-electron chi connectivity index (χ4n) is 0.645. The molecule has 0 aliphatic rings. The van der Waals surface area contributed by atoms with Crippen LogP contribution in [-0.4, -0.2) is 18.3 Å². The number of hydrogen-bond acceptors (Lipinski definition) is 2. The van der Waals surface area contributed by atoms with Gasteiger partial charge in [-0.05, 0) is 6.42 Å². The highest BCUT2D eigenvalue weighted by Crippen LogP contribution is 1.87. The molecule has 11 heavy (non-hydrogen) atoms. The van der Waals surface area contributed by atoms with E-state index >= 15 is 0 Å². The van der Waals surface area contributed by atoms with Crippen molar-refractivity contribution in [3.8, 4) is 0 Å². The van der Waals surface area contributed by atoms with Crippen LogP contribution in [0.2, 0.25) is 0 Å². The molecule has 0 saturated carbocycles. The van der Waals surface area contributed by atoms with Crippen LogP contribution >= 0.6 is 0 Å². The van der Waals surface area contributed by atoms with E-state index in [0.717, 1.165) is 12.8 Å². The molecule has 0 fully saturated rings. The predicted octanol–water partition coefficient (Wildman–Crippen LogP) is 0.0191. The Hall–Kier alpha value is -1.06. The highest BCUT2D eigenvalue weighted by atomic mass is 16.1. The molecular formula is C7H15N3O. The lowest BCUT2D eigenvalue weighted by molar-refractivity contribution is -0.117. The smallest absolute Gasteiger partial charge is 0.219 e. The van der Waals surface area contributed by atoms with Crippen LogP contribution in [-0.2, 0) is 4.79 Å². The van der Waals surface area contributed by atoms with Crippen molar-refractivity contribution in [1.82, 2.24) is 0 Å². The summed E-state index contributed by atoms with van der Waals surface area (Å²) in [6.07, 6.45) is 2.05. The predicted molar refractivity (Wildman–Crippen MR) is 45.2 cm³/mol. The van der Waals surface area contributed by atoms with Crippen molar-refractivity contribution in [2.24, 2.45) is 16.5 Å². The molecule has 4 heteroatoms. The van der Waals surface area contributed by atoms with Gasteiger partial charge in [-0.2, -0.15) is 0 Å². The fourth-order valence-corrected chi connectivity index (χ4v) is 0.645. The van der Waals surface area contributed by atoms with Gasteiger partial charge in [0.05, 0.1) is 5.84 Å². The molecule has 1 amide bonds. The van der Waals surface area contributed by atoms with Crippen LogP contribution in [0.5, 0.6) is 0 Å². The second-order valence-corrected chi connectivity index (χ2v) is 2.34. The van der Waals surface area contributed by atoms with Crippen LogP contribution in [0, 0.1) is 0 Å². The van der Waals surface area contributed by atoms with Crippen LogP contribution < -0.4 is 11.5 Å². The molecule has 0 aromatic heterocycles. The maximum absolute atomic E-state index is 10.3. The van der Waals surface area contributed by atoms with Crippen molar-refractivity contribution in [2.75, 3.05) is 6.54 Å². The Balaban J connectivity index is 3.47. The first-order chi connectivity index (χ1) is 5.16. The van der Waals surface area contributed by atoms with E-state index in [4.69, 9.17) is 11.5 Å². The number of rotatable bonds is 5. The summed E-state index contributed by atoms with van der Waals surface area (Å²) < 4.78 is 0. The molecule has 4 nitrogen and oxygen atoms in total. The zero-order chi connectivity index (χ0) is 8.69. The van der Waals surface area contributed by atoms with Crippen LogP contribution in [0.3, 0.4) is 0 Å². The Bertz CT molecular complexity index is 154. The maximum Gasteiger partial charge on any atom is 0.219 e. The molecule has 64 valence electrons. The van der Waals surface area contributed by atoms with Gasteiger partial charge in [0.2, 0.25) is 5.91 Å². The molecule has 0 unspecified atom stereocenters. The van der Waals surface area contributed by atoms with Gasteiger partial charge in [0.1, 0.15) is 0 Å². The lowest BCUT2D eigenvalue weighted by atomic mass is 10.3. The van der Waals surface area contributed by atoms with E-state index in [-0.39, 0.29) is 12.3 Å². The van der Waals surface area contributed by atoms with Crippen molar-refractivity contribution in [3.63, 3.8) is 0 Å². The third-order valence-corrected chi connectivity index (χ3v) is 1.18. The van der Waals surface area contributed by atoms with E-state index in [0.29, 0.717) is 12.4 Å². The summed E-state index contributed by atoms with van der Waals surface area (Å²) in [5.41, 5.74) is 10.4. The SMILES string of the molecule is CCCC(N)=NCCC(N)=O. The molecule has 0 rings (SSSR count). The van der Waals surface area contributed by atoms with Gasteiger partial charge in [0.25, 0.3) is 0 Å². The number of carbonyl (C=O) groups is 1. The first-order valence-electron chi connectivity index (χ1n) is 3.74. The van der Waals surface area contributed by atoms with E-state index in [1.807, 2.05) is 6.92 Å². The highest BCUT2D eigenvalue weighted by molar-refractivity contribution is 5.80. The van der Waals surface area contributed by atoms with Crippen molar-refractivity contribution in [3.05, 3.63) is 0 Å². The summed E-state index contributed by atoms with van der Waals surface area (Å²) >= 11 is 0. The van der Waals surface area contributed by atoms with Gasteiger partial charge in [0.15, 0.2) is 0 Å². The Morgan fingerprint density at radius 2 is 2.00 bits per heavy atom. The minimum absolute atomic E-state index is 0.282. The summed E-state index contributed by atoms with van der Waals surface area (Å²) in [7, 11) is 0. The largest absolute Gasteiger partial charge is 0.387 e. The monoisotopic (exact) mass is 157 g/mol. The Labute approximate surface area is 66.7 Å². The number of carbonyl (C=O) groups excluding carboxylic acids is 1. The van der Waals surface area contributed by atoms with Gasteiger partial charge in [-0.3, -0.25) is 9.79 Å². The number of aliphatic imine (C=N–C) groups is 1. The van der Waals surface area contributed by atoms with Crippen LogP contribution in [0.4, 0.5) is 0 Å². The summed E-state index contributed by atoms with van der Waals surface area (Å²) in [5.74, 6) is 0.270. The molecule has 0 aromatic carbocycles. The summed E-state index contributed by atoms with van der Waals surface area (Å²) in [6.45, 7) is 2.44. The summed E-state index contributed by atoms with van der Waals surface area (Å²) in [6, 6.07) is 0. The number of amidine groups is 1. The fraction of sp³-hybridized carbons (Fsp3) is 0.714. The van der Waals surface area contributed by atoms with Crippen molar-refractivity contribution in [2.45, 2.75) is 26.2 Å². The van der Waals surface area contributed by atoms with Gasteiger partial charge >= 0.3 is 0 Å². The van der Waals surface area contributed by atoms with E-state index in [1.54, 1.807) is 0 Å². The number of nitrogens with two attached hydrogens (primary N) is 2. The summed E-state index contributed by atoms with van der Waals surface area (Å²) in [4.78, 5) is 14.2. The normalized spacial score (nSPS) is 11.5. The molecule has 0 atom stereocenters. The van der Waals surface area contributed by atoms with Crippen LogP contribution in [0.15, 0.2) is 4.99 Å². The van der Waals surface area contributed by atoms with E-state index in [1.165, 1.54) is 0 Å². The highest BCUT2D eigenvalue weighted by Gasteiger charge is 1.92. The van der Waals surface area contributed by atoms with Gasteiger partial charge in [-0.15, -0.1) is 0 Å². The Morgan fingerprint density at radius 3 is 2.45 bits per heavy atom. The average molecular weight is 157 g/mol. The molecule has 0 heterocycles. The molecule has 0 saturated heterocycles. The van der Waals surface area contributed by atoms with E-state index in [9.17, 15) is 4.79 Å². The Morgan fingerprint density at radius 1 is 1.36 bits per heavy atom. The molecule has 0 aromatic rings. The summed E-state index contributed by atoms with van der Waals surface area (Å²) in [5, 5.41) is 0. The van der Waals surface area contributed by atoms with Crippen molar-refractivity contribution < 1.29 is 4.79 Å². The molecule has 0 aliphatic heterocycles. The standard InChI is InChI=1S/C7H15N3O/c1-2-3-6(8)10-5-4-7(9)11/h2-5H2,1H3,(H2,8,10)(H2,9,11). The third-order valence-electron chi connectivity index (χ3n) is 1.18. The number of amides is 1. The maximum atomic E-state index is 10.3. The van der Waals surface area contributed by atoms with Gasteiger partial charge in [0, 0.05) is 19.4 Å². The quantitative estimate of drug-likeness (QED) is 0.435. The zero-order valence-electron chi connectivity index (χ0n) is 6.84. The lowest BCUT2D eigenvalue weighted by Gasteiger charge is -1.95. The van der Waals surface area contributed by atoms with Gasteiger partial charge < -0.3 is 11.5 Å². The average Bonchev–Trinajstić information content (AvgIpc) is 1.87. The first-order valence-corrected chi connectivity index (χ1v) is 3.74. The van der Waals surface area contributed by atoms with Crippen molar-refractivity contribution in [1.29, 1.82) is 0 Å². The molecule has 0 bridgehead atoms. The number of hydrogen-bond donors (Lipinski definition) is 2. The van der Waals surface area contributed by atoms with E-state index in [2.05, 4.69) is 4.99 Å². The second-order valence-electron chi connectivity index (χ2n) is 2.34. The second kappa shape index (κ2) is 5.70. The number of primary amides is 1. The van der Waals surface area contributed by atoms with Gasteiger partial charge in [-0.25, -0.2) is 0 Å². The molecule has 0 radical (unpaired) electrons. The molecule has 0 aliphatic carbocycles. The molecule has 4 N–H and O–H groups in total. The Kier molecular flexibility index (Phi) is 5.15. The van der Waals surface area contributed by atoms with Crippen molar-refractivity contribution >= 4 is 11.7 Å². The third kappa shape index (κ3) is 6.83. The molecule has 0 spiro atoms. The van der Waals surface area contributed by atoms with Crippen LogP contribution in [0.25, 0.3) is 0 Å². The van der Waals surface area contributed by atoms with E-state index < -0.39 is 0 Å². The van der Waals surface area contributed by atoms with Gasteiger partial charge in [-0.1, -0.05) is 6.92 Å². The zero-order valence-corrected chi connectivity index (χ0v) is 6.84. The minimum atomic E-state index is -0.335. The minimum Gasteiger partial charge on any atom is -0.387 e. The topological polar surface area (TPSA) is 81.5 Å². The number of nitrogens with zero attached hydrogens (tertiary/aromatic N) is 1.